The Balaban J connectivity index is 1.63. The molecule has 0 saturated heterocycles. The van der Waals surface area contributed by atoms with Crippen molar-refractivity contribution in [3.8, 4) is 5.75 Å². The Morgan fingerprint density at radius 3 is 2.86 bits per heavy atom. The van der Waals surface area contributed by atoms with Gasteiger partial charge in [0, 0.05) is 18.7 Å². The molecule has 0 spiro atoms. The van der Waals surface area contributed by atoms with Crippen LogP contribution in [0.15, 0.2) is 47.1 Å². The van der Waals surface area contributed by atoms with Gasteiger partial charge in [-0.2, -0.15) is 0 Å². The molecule has 0 aliphatic heterocycles. The van der Waals surface area contributed by atoms with E-state index in [4.69, 9.17) is 13.9 Å². The van der Waals surface area contributed by atoms with Crippen molar-refractivity contribution < 1.29 is 19.0 Å². The number of para-hydroxylation sites is 1. The van der Waals surface area contributed by atoms with Crippen molar-refractivity contribution in [2.45, 2.75) is 19.3 Å². The van der Waals surface area contributed by atoms with Gasteiger partial charge in [-0.3, -0.25) is 0 Å². The first-order valence-corrected chi connectivity index (χ1v) is 6.90. The van der Waals surface area contributed by atoms with E-state index in [0.29, 0.717) is 19.7 Å². The third kappa shape index (κ3) is 5.23. The predicted molar refractivity (Wildman–Crippen MR) is 79.1 cm³/mol. The van der Waals surface area contributed by atoms with Gasteiger partial charge in [-0.05, 0) is 18.2 Å². The van der Waals surface area contributed by atoms with Crippen LogP contribution in [0.2, 0.25) is 0 Å². The number of ether oxygens (including phenoxy) is 2. The lowest BCUT2D eigenvalue weighted by molar-refractivity contribution is 0.0225. The first-order chi connectivity index (χ1) is 10.3. The van der Waals surface area contributed by atoms with Gasteiger partial charge in [0.15, 0.2) is 0 Å². The fourth-order valence-corrected chi connectivity index (χ4v) is 1.97. The highest BCUT2D eigenvalue weighted by Gasteiger charge is 2.06. The summed E-state index contributed by atoms with van der Waals surface area (Å²) in [5.41, 5.74) is 1.06. The summed E-state index contributed by atoms with van der Waals surface area (Å²) in [4.78, 5) is 0. The van der Waals surface area contributed by atoms with E-state index in [0.717, 1.165) is 17.1 Å². The minimum atomic E-state index is -0.560. The molecule has 1 unspecified atom stereocenters. The van der Waals surface area contributed by atoms with Crippen molar-refractivity contribution in [3.63, 3.8) is 0 Å². The lowest BCUT2D eigenvalue weighted by Crippen LogP contribution is -2.30. The van der Waals surface area contributed by atoms with Crippen LogP contribution in [-0.4, -0.2) is 31.5 Å². The zero-order valence-electron chi connectivity index (χ0n) is 12.1. The van der Waals surface area contributed by atoms with Crippen molar-refractivity contribution in [2.75, 3.05) is 20.3 Å². The number of nitrogens with one attached hydrogen (secondary N) is 1. The van der Waals surface area contributed by atoms with Crippen LogP contribution in [0.5, 0.6) is 5.75 Å². The second-order valence-corrected chi connectivity index (χ2v) is 4.69. The minimum Gasteiger partial charge on any atom is -0.496 e. The molecule has 0 amide bonds. The number of aliphatic hydroxyl groups excluding tert-OH is 1. The number of hydrogen-bond donors (Lipinski definition) is 2. The molecule has 114 valence electrons. The maximum atomic E-state index is 9.83. The molecule has 1 aromatic carbocycles. The van der Waals surface area contributed by atoms with Crippen LogP contribution in [0.3, 0.4) is 0 Å². The molecule has 21 heavy (non-hydrogen) atoms. The molecule has 2 aromatic rings. The smallest absolute Gasteiger partial charge is 0.129 e. The van der Waals surface area contributed by atoms with E-state index >= 15 is 0 Å². The lowest BCUT2D eigenvalue weighted by atomic mass is 10.2. The first kappa shape index (κ1) is 15.6. The summed E-state index contributed by atoms with van der Waals surface area (Å²) in [5.74, 6) is 1.60. The Labute approximate surface area is 124 Å². The van der Waals surface area contributed by atoms with E-state index in [1.54, 1.807) is 13.4 Å². The van der Waals surface area contributed by atoms with Crippen LogP contribution in [-0.2, 0) is 17.9 Å². The van der Waals surface area contributed by atoms with Crippen LogP contribution in [0, 0.1) is 0 Å². The SMILES string of the molecule is COc1ccccc1CNCC(O)COCc1ccco1. The predicted octanol–water partition coefficient (Wildman–Crippen LogP) is 1.96. The summed E-state index contributed by atoms with van der Waals surface area (Å²) >= 11 is 0. The lowest BCUT2D eigenvalue weighted by Gasteiger charge is -2.13. The monoisotopic (exact) mass is 291 g/mol. The van der Waals surface area contributed by atoms with Crippen LogP contribution >= 0.6 is 0 Å². The van der Waals surface area contributed by atoms with Gasteiger partial charge in [-0.1, -0.05) is 18.2 Å². The average Bonchev–Trinajstić information content (AvgIpc) is 3.01. The van der Waals surface area contributed by atoms with Crippen LogP contribution in [0.1, 0.15) is 11.3 Å². The van der Waals surface area contributed by atoms with Crippen molar-refractivity contribution >= 4 is 0 Å². The molecule has 2 rings (SSSR count). The number of aliphatic hydroxyl groups is 1. The molecule has 0 radical (unpaired) electrons. The molecule has 0 fully saturated rings. The third-order valence-corrected chi connectivity index (χ3v) is 3.02. The highest BCUT2D eigenvalue weighted by molar-refractivity contribution is 5.32. The van der Waals surface area contributed by atoms with E-state index in [1.165, 1.54) is 0 Å². The number of rotatable bonds is 9. The van der Waals surface area contributed by atoms with Gasteiger partial charge in [-0.25, -0.2) is 0 Å². The second-order valence-electron chi connectivity index (χ2n) is 4.69. The zero-order valence-corrected chi connectivity index (χ0v) is 12.1. The number of hydrogen-bond acceptors (Lipinski definition) is 5. The Bertz CT molecular complexity index is 513. The maximum Gasteiger partial charge on any atom is 0.129 e. The van der Waals surface area contributed by atoms with Gasteiger partial charge in [0.1, 0.15) is 18.1 Å². The van der Waals surface area contributed by atoms with E-state index in [-0.39, 0.29) is 6.61 Å². The number of furan rings is 1. The highest BCUT2D eigenvalue weighted by atomic mass is 16.5. The Morgan fingerprint density at radius 2 is 2.10 bits per heavy atom. The van der Waals surface area contributed by atoms with Gasteiger partial charge in [-0.15, -0.1) is 0 Å². The van der Waals surface area contributed by atoms with Crippen LogP contribution in [0.4, 0.5) is 0 Å². The maximum absolute atomic E-state index is 9.83. The molecular weight excluding hydrogens is 270 g/mol. The molecule has 2 N–H and O–H groups in total. The average molecular weight is 291 g/mol. The quantitative estimate of drug-likeness (QED) is 0.739. The molecule has 0 aliphatic carbocycles. The van der Waals surface area contributed by atoms with Gasteiger partial charge in [0.2, 0.25) is 0 Å². The van der Waals surface area contributed by atoms with Gasteiger partial charge in [0.25, 0.3) is 0 Å². The first-order valence-electron chi connectivity index (χ1n) is 6.90. The van der Waals surface area contributed by atoms with E-state index < -0.39 is 6.10 Å². The minimum absolute atomic E-state index is 0.264. The molecule has 1 aromatic heterocycles. The number of methoxy groups -OCH3 is 1. The summed E-state index contributed by atoms with van der Waals surface area (Å²) in [6.45, 7) is 1.73. The standard InChI is InChI=1S/C16H21NO4/c1-19-16-7-3-2-5-13(16)9-17-10-14(18)11-20-12-15-6-4-8-21-15/h2-8,14,17-18H,9-12H2,1H3. The summed E-state index contributed by atoms with van der Waals surface area (Å²) in [6.07, 6.45) is 1.04. The molecule has 0 saturated carbocycles. The molecule has 1 atom stereocenters. The molecule has 5 heteroatoms. The van der Waals surface area contributed by atoms with Crippen molar-refractivity contribution in [1.29, 1.82) is 0 Å². The summed E-state index contributed by atoms with van der Waals surface area (Å²) < 4.78 is 15.8. The third-order valence-electron chi connectivity index (χ3n) is 3.02. The van der Waals surface area contributed by atoms with Gasteiger partial charge in [0.05, 0.1) is 26.1 Å². The van der Waals surface area contributed by atoms with E-state index in [9.17, 15) is 5.11 Å². The Morgan fingerprint density at radius 1 is 1.24 bits per heavy atom. The van der Waals surface area contributed by atoms with Crippen molar-refractivity contribution in [2.24, 2.45) is 0 Å². The topological polar surface area (TPSA) is 63.9 Å². The Kier molecular flexibility index (Phi) is 6.27. The molecule has 0 bridgehead atoms. The highest BCUT2D eigenvalue weighted by Crippen LogP contribution is 2.16. The molecule has 1 heterocycles. The van der Waals surface area contributed by atoms with E-state index in [1.807, 2.05) is 36.4 Å². The van der Waals surface area contributed by atoms with Crippen molar-refractivity contribution in [1.82, 2.24) is 5.32 Å². The van der Waals surface area contributed by atoms with E-state index in [2.05, 4.69) is 5.32 Å². The number of benzene rings is 1. The molecule has 0 aliphatic rings. The molecule has 5 nitrogen and oxygen atoms in total. The van der Waals surface area contributed by atoms with Crippen LogP contribution < -0.4 is 10.1 Å². The molecular formula is C16H21NO4. The largest absolute Gasteiger partial charge is 0.496 e. The normalized spacial score (nSPS) is 12.3. The Hall–Kier alpha value is -1.82. The summed E-state index contributed by atoms with van der Waals surface area (Å²) in [7, 11) is 1.65. The summed E-state index contributed by atoms with van der Waals surface area (Å²) in [6, 6.07) is 11.4. The van der Waals surface area contributed by atoms with Gasteiger partial charge < -0.3 is 24.3 Å². The fraction of sp³-hybridized carbons (Fsp3) is 0.375. The van der Waals surface area contributed by atoms with Gasteiger partial charge >= 0.3 is 0 Å². The zero-order chi connectivity index (χ0) is 14.9. The van der Waals surface area contributed by atoms with Crippen LogP contribution in [0.25, 0.3) is 0 Å². The second kappa shape index (κ2) is 8.46. The fourth-order valence-electron chi connectivity index (χ4n) is 1.97. The van der Waals surface area contributed by atoms with Crippen molar-refractivity contribution in [3.05, 3.63) is 54.0 Å². The summed E-state index contributed by atoms with van der Waals surface area (Å²) in [5, 5.41) is 13.0.